The van der Waals surface area contributed by atoms with Gasteiger partial charge in [-0.15, -0.1) is 0 Å². The molecule has 2 saturated carbocycles. The van der Waals surface area contributed by atoms with Crippen LogP contribution >= 0.6 is 23.1 Å². The Morgan fingerprint density at radius 2 is 1.28 bits per heavy atom. The maximum absolute atomic E-state index is 12.8. The molecule has 272 valence electrons. The Kier molecular flexibility index (Phi) is 11.4. The van der Waals surface area contributed by atoms with Crippen LogP contribution < -0.4 is 5.48 Å². The van der Waals surface area contributed by atoms with Crippen molar-refractivity contribution in [3.8, 4) is 0 Å². The van der Waals surface area contributed by atoms with Gasteiger partial charge in [0.2, 0.25) is 28.6 Å². The molecule has 0 spiro atoms. The molecule has 2 N–H and O–H groups in total. The molecule has 1 aliphatic heterocycles. The zero-order valence-electron chi connectivity index (χ0n) is 28.8. The van der Waals surface area contributed by atoms with E-state index in [4.69, 9.17) is 24.0 Å². The van der Waals surface area contributed by atoms with Crippen molar-refractivity contribution in [2.24, 2.45) is 16.2 Å². The minimum atomic E-state index is -1.32. The highest BCUT2D eigenvalue weighted by Gasteiger charge is 2.57. The number of aromatic nitrogens is 4. The molecule has 0 unspecified atom stereocenters. The first-order chi connectivity index (χ1) is 23.2. The van der Waals surface area contributed by atoms with Crippen LogP contribution in [0.3, 0.4) is 0 Å². The summed E-state index contributed by atoms with van der Waals surface area (Å²) in [5, 5.41) is 18.0. The monoisotopic (exact) mass is 737 g/mol. The van der Waals surface area contributed by atoms with Gasteiger partial charge in [0.15, 0.2) is 17.3 Å². The van der Waals surface area contributed by atoms with E-state index in [1.165, 1.54) is 0 Å². The van der Waals surface area contributed by atoms with Gasteiger partial charge >= 0.3 is 17.9 Å². The third-order valence-corrected chi connectivity index (χ3v) is 8.02. The van der Waals surface area contributed by atoms with Gasteiger partial charge in [0, 0.05) is 32.1 Å². The van der Waals surface area contributed by atoms with Crippen LogP contribution in [-0.4, -0.2) is 93.9 Å². The summed E-state index contributed by atoms with van der Waals surface area (Å²) in [7, 11) is 0. The summed E-state index contributed by atoms with van der Waals surface area (Å²) >= 11 is 2.17. The highest BCUT2D eigenvalue weighted by Crippen LogP contribution is 2.43. The number of aliphatic carboxylic acids is 1. The molecule has 0 bridgehead atoms. The van der Waals surface area contributed by atoms with E-state index in [0.29, 0.717) is 35.7 Å². The Balaban J connectivity index is 0.000000232. The summed E-state index contributed by atoms with van der Waals surface area (Å²) in [6, 6.07) is 0. The van der Waals surface area contributed by atoms with E-state index < -0.39 is 57.7 Å². The Labute approximate surface area is 295 Å². The van der Waals surface area contributed by atoms with E-state index >= 15 is 0 Å². The van der Waals surface area contributed by atoms with Crippen LogP contribution in [0.4, 0.5) is 0 Å². The number of nitrogens with zero attached hydrogens (tertiary/aromatic N) is 6. The van der Waals surface area contributed by atoms with Crippen LogP contribution in [0.2, 0.25) is 0 Å². The highest BCUT2D eigenvalue weighted by atomic mass is 32.1. The van der Waals surface area contributed by atoms with Crippen LogP contribution in [0.25, 0.3) is 0 Å². The quantitative estimate of drug-likeness (QED) is 0.181. The van der Waals surface area contributed by atoms with Crippen LogP contribution in [0.5, 0.6) is 0 Å². The van der Waals surface area contributed by atoms with Gasteiger partial charge in [0.25, 0.3) is 0 Å². The van der Waals surface area contributed by atoms with Gasteiger partial charge in [-0.3, -0.25) is 14.4 Å². The second-order valence-corrected chi connectivity index (χ2v) is 15.6. The van der Waals surface area contributed by atoms with E-state index in [-0.39, 0.29) is 36.3 Å². The van der Waals surface area contributed by atoms with E-state index in [2.05, 4.69) is 34.5 Å². The maximum Gasteiger partial charge on any atom is 0.362 e. The fourth-order valence-corrected chi connectivity index (χ4v) is 4.87. The summed E-state index contributed by atoms with van der Waals surface area (Å²) in [5.74, 6) is -3.79. The van der Waals surface area contributed by atoms with Crippen molar-refractivity contribution in [2.45, 2.75) is 110 Å². The summed E-state index contributed by atoms with van der Waals surface area (Å²) in [5.41, 5.74) is -2.06. The van der Waals surface area contributed by atoms with Crippen molar-refractivity contribution in [2.75, 3.05) is 6.61 Å². The lowest BCUT2D eigenvalue weighted by molar-refractivity contribution is -0.172. The first-order valence-electron chi connectivity index (χ1n) is 15.5. The van der Waals surface area contributed by atoms with Crippen molar-refractivity contribution < 1.29 is 53.1 Å². The molecular weight excluding hydrogens is 699 g/mol. The summed E-state index contributed by atoms with van der Waals surface area (Å²) in [6.45, 7) is 14.0. The van der Waals surface area contributed by atoms with Gasteiger partial charge in [0.1, 0.15) is 21.2 Å². The molecule has 50 heavy (non-hydrogen) atoms. The number of rotatable bonds is 12. The number of carboxylic acids is 1. The predicted octanol–water partition coefficient (Wildman–Crippen LogP) is 2.60. The van der Waals surface area contributed by atoms with Gasteiger partial charge in [-0.2, -0.15) is 8.75 Å². The Morgan fingerprint density at radius 1 is 0.840 bits per heavy atom. The number of aryl methyl sites for hydroxylation is 2. The smallest absolute Gasteiger partial charge is 0.362 e. The number of ether oxygens (including phenoxy) is 2. The Morgan fingerprint density at radius 3 is 1.62 bits per heavy atom. The van der Waals surface area contributed by atoms with E-state index in [0.717, 1.165) is 23.1 Å². The summed E-state index contributed by atoms with van der Waals surface area (Å²) in [4.78, 5) is 83.8. The number of carbonyl (C=O) groups excluding carboxylic acids is 4. The highest BCUT2D eigenvalue weighted by molar-refractivity contribution is 7.05. The molecular formula is C30H39N7O11S2. The van der Waals surface area contributed by atoms with E-state index in [1.807, 2.05) is 0 Å². The standard InChI is InChI=1S/C17H22N4O6S.C13H17N3O5S/c1-9-18-13(21-28-9)12(11(22)7-10-8-25-20-14(10)23)19-27-17(5-6-17)15(24)26-16(2,3)4;1-7-14-9(16-22-7)8(10(17)18)15-21-13(5-6-13)11(19)20-12(2,3)4/h10H,5-8H2,1-4H3,(H,20,23);5-6H2,1-4H3,(H,17,18)/b19-12+;15-8-/t10-;/m0./s1. The number of Topliss-reactive ketones (excluding diaryl/α,β-unsaturated/α-hetero) is 1. The average Bonchev–Trinajstić information content (AvgIpc) is 3.82. The Bertz CT molecular complexity index is 1700. The van der Waals surface area contributed by atoms with Gasteiger partial charge in [-0.1, -0.05) is 10.3 Å². The number of oxime groups is 2. The fraction of sp³-hybridized carbons (Fsp3) is 0.633. The van der Waals surface area contributed by atoms with Crippen molar-refractivity contribution in [3.05, 3.63) is 21.7 Å². The zero-order valence-corrected chi connectivity index (χ0v) is 30.5. The molecule has 3 fully saturated rings. The van der Waals surface area contributed by atoms with Gasteiger partial charge in [0.05, 0.1) is 12.5 Å². The fourth-order valence-electron chi connectivity index (χ4n) is 3.93. The van der Waals surface area contributed by atoms with E-state index in [9.17, 15) is 29.1 Å². The number of carbonyl (C=O) groups is 5. The number of nitrogens with one attached hydrogen (secondary N) is 1. The lowest BCUT2D eigenvalue weighted by Gasteiger charge is -2.22. The molecule has 1 atom stereocenters. The van der Waals surface area contributed by atoms with Crippen LogP contribution in [0.1, 0.15) is 95.3 Å². The third-order valence-electron chi connectivity index (χ3n) is 6.78. The lowest BCUT2D eigenvalue weighted by atomic mass is 10.0. The minimum absolute atomic E-state index is 0.0324. The molecule has 1 saturated heterocycles. The molecule has 20 heteroatoms. The largest absolute Gasteiger partial charge is 0.476 e. The SMILES string of the molecule is Cc1nc(/C(=N/OC2(C(=O)OC(C)(C)C)CC2)C(=O)C[C@H]2CONC2=O)ns1.Cc1nc(/C(=N/OC2(C(=O)OC(C)(C)C)CC2)C(=O)O)ns1. The van der Waals surface area contributed by atoms with Crippen LogP contribution in [0.15, 0.2) is 10.3 Å². The third kappa shape index (κ3) is 10.3. The number of hydrogen-bond donors (Lipinski definition) is 2. The molecule has 2 aromatic rings. The minimum Gasteiger partial charge on any atom is -0.476 e. The number of amides is 1. The second-order valence-electron chi connectivity index (χ2n) is 13.7. The van der Waals surface area contributed by atoms with Crippen molar-refractivity contribution in [1.82, 2.24) is 24.2 Å². The molecule has 2 aromatic heterocycles. The van der Waals surface area contributed by atoms with Crippen molar-refractivity contribution in [3.63, 3.8) is 0 Å². The maximum atomic E-state index is 12.8. The van der Waals surface area contributed by atoms with Gasteiger partial charge in [-0.25, -0.2) is 29.8 Å². The number of hydrogen-bond acceptors (Lipinski definition) is 18. The second kappa shape index (κ2) is 14.8. The zero-order chi connectivity index (χ0) is 37.1. The molecule has 3 heterocycles. The number of carboxylic acid groups (broad SMARTS) is 1. The number of hydroxylamine groups is 1. The Hall–Kier alpha value is -4.43. The van der Waals surface area contributed by atoms with Crippen LogP contribution in [0, 0.1) is 19.8 Å². The average molecular weight is 738 g/mol. The normalized spacial score (nSPS) is 19.4. The van der Waals surface area contributed by atoms with Crippen LogP contribution in [-0.2, 0) is 48.0 Å². The molecule has 1 amide bonds. The van der Waals surface area contributed by atoms with E-state index in [1.54, 1.807) is 55.4 Å². The topological polar surface area (TPSA) is 240 Å². The van der Waals surface area contributed by atoms with Gasteiger partial charge < -0.3 is 24.3 Å². The molecule has 18 nitrogen and oxygen atoms in total. The van der Waals surface area contributed by atoms with Gasteiger partial charge in [-0.05, 0) is 78.5 Å². The molecule has 5 rings (SSSR count). The van der Waals surface area contributed by atoms with Crippen molar-refractivity contribution >= 4 is 64.1 Å². The lowest BCUT2D eigenvalue weighted by Crippen LogP contribution is -2.35. The summed E-state index contributed by atoms with van der Waals surface area (Å²) in [6.07, 6.45) is 1.61. The first-order valence-corrected chi connectivity index (χ1v) is 17.1. The molecule has 3 aliphatic rings. The number of esters is 2. The van der Waals surface area contributed by atoms with Crippen molar-refractivity contribution in [1.29, 1.82) is 0 Å². The number of ketones is 1. The molecule has 0 aromatic carbocycles. The summed E-state index contributed by atoms with van der Waals surface area (Å²) < 4.78 is 18.6. The first kappa shape index (κ1) is 38.4. The molecule has 0 radical (unpaired) electrons. The molecule has 2 aliphatic carbocycles. The predicted molar refractivity (Wildman–Crippen MR) is 175 cm³/mol.